The van der Waals surface area contributed by atoms with Crippen LogP contribution < -0.4 is 4.74 Å². The summed E-state index contributed by atoms with van der Waals surface area (Å²) in [5.41, 5.74) is 1.15. The van der Waals surface area contributed by atoms with Gasteiger partial charge in [-0.25, -0.2) is 0 Å². The Bertz CT molecular complexity index is 771. The number of nitrogens with zero attached hydrogens (tertiary/aromatic N) is 2. The lowest BCUT2D eigenvalue weighted by Gasteiger charge is -2.32. The fourth-order valence-corrected chi connectivity index (χ4v) is 3.69. The second-order valence-electron chi connectivity index (χ2n) is 7.70. The Morgan fingerprint density at radius 2 is 1.62 bits per heavy atom. The topological polar surface area (TPSA) is 49.9 Å². The second-order valence-corrected chi connectivity index (χ2v) is 7.70. The number of hydrogen-bond donors (Lipinski definition) is 0. The molecular weight excluding hydrogens is 364 g/mol. The van der Waals surface area contributed by atoms with Crippen molar-refractivity contribution in [3.05, 3.63) is 66.2 Å². The molecule has 1 aliphatic rings. The van der Waals surface area contributed by atoms with Crippen molar-refractivity contribution in [2.45, 2.75) is 32.2 Å². The minimum absolute atomic E-state index is 0.0333. The molecule has 0 spiro atoms. The van der Waals surface area contributed by atoms with Gasteiger partial charge >= 0.3 is 0 Å². The predicted molar refractivity (Wildman–Crippen MR) is 113 cm³/mol. The van der Waals surface area contributed by atoms with E-state index in [0.29, 0.717) is 24.6 Å². The highest BCUT2D eigenvalue weighted by molar-refractivity contribution is 5.78. The molecule has 1 fully saturated rings. The first kappa shape index (κ1) is 20.9. The summed E-state index contributed by atoms with van der Waals surface area (Å²) in [7, 11) is 1.86. The first-order chi connectivity index (χ1) is 14.1. The summed E-state index contributed by atoms with van der Waals surface area (Å²) < 4.78 is 5.56. The number of benzene rings is 2. The molecule has 0 unspecified atom stereocenters. The van der Waals surface area contributed by atoms with E-state index in [2.05, 4.69) is 0 Å². The molecule has 1 saturated heterocycles. The molecule has 154 valence electrons. The van der Waals surface area contributed by atoms with Crippen LogP contribution in [0, 0.1) is 5.92 Å². The highest BCUT2D eigenvalue weighted by Gasteiger charge is 2.24. The molecule has 1 aliphatic heterocycles. The molecule has 0 aromatic heterocycles. The first-order valence-corrected chi connectivity index (χ1v) is 10.4. The van der Waals surface area contributed by atoms with Crippen LogP contribution in [0.2, 0.25) is 0 Å². The Balaban J connectivity index is 1.34. The van der Waals surface area contributed by atoms with Gasteiger partial charge < -0.3 is 14.5 Å². The number of carbonyl (C=O) groups excluding carboxylic acids is 2. The van der Waals surface area contributed by atoms with Gasteiger partial charge in [0.1, 0.15) is 5.75 Å². The number of likely N-dealkylation sites (tertiary alicyclic amines) is 1. The predicted octanol–water partition coefficient (Wildman–Crippen LogP) is 3.74. The third-order valence-corrected chi connectivity index (χ3v) is 5.53. The first-order valence-electron chi connectivity index (χ1n) is 10.4. The molecule has 2 amide bonds. The van der Waals surface area contributed by atoms with Crippen molar-refractivity contribution in [2.75, 3.05) is 26.7 Å². The zero-order chi connectivity index (χ0) is 20.5. The van der Waals surface area contributed by atoms with E-state index in [9.17, 15) is 9.59 Å². The molecule has 0 radical (unpaired) electrons. The Morgan fingerprint density at radius 3 is 2.28 bits per heavy atom. The molecule has 2 aromatic carbocycles. The van der Waals surface area contributed by atoms with Gasteiger partial charge in [0.15, 0.2) is 6.61 Å². The van der Waals surface area contributed by atoms with Gasteiger partial charge in [-0.3, -0.25) is 9.59 Å². The molecule has 5 heteroatoms. The largest absolute Gasteiger partial charge is 0.484 e. The van der Waals surface area contributed by atoms with Crippen molar-refractivity contribution in [2.24, 2.45) is 5.92 Å². The lowest BCUT2D eigenvalue weighted by atomic mass is 9.92. The van der Waals surface area contributed by atoms with Crippen LogP contribution in [0.25, 0.3) is 0 Å². The van der Waals surface area contributed by atoms with E-state index in [4.69, 9.17) is 4.74 Å². The Hall–Kier alpha value is -2.82. The van der Waals surface area contributed by atoms with E-state index >= 15 is 0 Å². The van der Waals surface area contributed by atoms with Crippen LogP contribution in [-0.2, 0) is 16.1 Å². The van der Waals surface area contributed by atoms with Gasteiger partial charge in [-0.05, 0) is 42.9 Å². The quantitative estimate of drug-likeness (QED) is 0.685. The van der Waals surface area contributed by atoms with Crippen molar-refractivity contribution >= 4 is 11.8 Å². The molecule has 0 bridgehead atoms. The molecule has 0 aliphatic carbocycles. The summed E-state index contributed by atoms with van der Waals surface area (Å²) >= 11 is 0. The normalized spacial score (nSPS) is 14.4. The van der Waals surface area contributed by atoms with Gasteiger partial charge in [0.2, 0.25) is 5.91 Å². The summed E-state index contributed by atoms with van der Waals surface area (Å²) in [4.78, 5) is 28.5. The number of rotatable bonds is 8. The maximum absolute atomic E-state index is 12.4. The molecule has 1 heterocycles. The molecule has 0 atom stereocenters. The van der Waals surface area contributed by atoms with Crippen LogP contribution in [0.15, 0.2) is 60.7 Å². The highest BCUT2D eigenvalue weighted by atomic mass is 16.5. The molecule has 2 aromatic rings. The summed E-state index contributed by atoms with van der Waals surface area (Å²) in [6.45, 7) is 2.22. The summed E-state index contributed by atoms with van der Waals surface area (Å²) in [5, 5.41) is 0. The fourth-order valence-electron chi connectivity index (χ4n) is 3.69. The third kappa shape index (κ3) is 6.63. The average Bonchev–Trinajstić information content (AvgIpc) is 2.77. The molecule has 0 saturated carbocycles. The molecule has 29 heavy (non-hydrogen) atoms. The molecular formula is C24H30N2O3. The van der Waals surface area contributed by atoms with E-state index in [1.165, 1.54) is 0 Å². The van der Waals surface area contributed by atoms with Crippen molar-refractivity contribution in [1.82, 2.24) is 9.80 Å². The van der Waals surface area contributed by atoms with Gasteiger partial charge in [0, 0.05) is 33.1 Å². The second kappa shape index (κ2) is 10.6. The molecule has 5 nitrogen and oxygen atoms in total. The smallest absolute Gasteiger partial charge is 0.260 e. The number of ether oxygens (including phenoxy) is 1. The minimum atomic E-state index is 0.0333. The number of hydrogen-bond acceptors (Lipinski definition) is 3. The summed E-state index contributed by atoms with van der Waals surface area (Å²) in [6.07, 6.45) is 3.36. The van der Waals surface area contributed by atoms with E-state index in [-0.39, 0.29) is 18.4 Å². The number of para-hydroxylation sites is 1. The lowest BCUT2D eigenvalue weighted by molar-refractivity contribution is -0.135. The van der Waals surface area contributed by atoms with E-state index < -0.39 is 0 Å². The SMILES string of the molecule is CN(Cc1ccccc1)C(=O)CCC1CCN(C(=O)COc2ccccc2)CC1. The van der Waals surface area contributed by atoms with Gasteiger partial charge in [-0.1, -0.05) is 48.5 Å². The van der Waals surface area contributed by atoms with Gasteiger partial charge in [-0.2, -0.15) is 0 Å². The van der Waals surface area contributed by atoms with Crippen LogP contribution >= 0.6 is 0 Å². The Labute approximate surface area is 173 Å². The van der Waals surface area contributed by atoms with Crippen LogP contribution in [0.1, 0.15) is 31.2 Å². The van der Waals surface area contributed by atoms with Crippen LogP contribution in [-0.4, -0.2) is 48.4 Å². The Kier molecular flexibility index (Phi) is 7.68. The number of amides is 2. The summed E-state index contributed by atoms with van der Waals surface area (Å²) in [6, 6.07) is 19.5. The Morgan fingerprint density at radius 1 is 1.00 bits per heavy atom. The number of piperidine rings is 1. The average molecular weight is 395 g/mol. The zero-order valence-corrected chi connectivity index (χ0v) is 17.1. The third-order valence-electron chi connectivity index (χ3n) is 5.53. The standard InChI is InChI=1S/C24H30N2O3/c1-25(18-21-8-4-2-5-9-21)23(27)13-12-20-14-16-26(17-15-20)24(28)19-29-22-10-6-3-7-11-22/h2-11,20H,12-19H2,1H3. The van der Waals surface area contributed by atoms with Crippen molar-refractivity contribution < 1.29 is 14.3 Å². The van der Waals surface area contributed by atoms with E-state index in [1.807, 2.05) is 72.6 Å². The van der Waals surface area contributed by atoms with Gasteiger partial charge in [0.25, 0.3) is 5.91 Å². The number of carbonyl (C=O) groups is 2. The lowest BCUT2D eigenvalue weighted by Crippen LogP contribution is -2.41. The van der Waals surface area contributed by atoms with Crippen molar-refractivity contribution in [3.8, 4) is 5.75 Å². The van der Waals surface area contributed by atoms with Crippen LogP contribution in [0.5, 0.6) is 5.75 Å². The maximum atomic E-state index is 12.4. The van der Waals surface area contributed by atoms with Crippen LogP contribution in [0.4, 0.5) is 0 Å². The highest BCUT2D eigenvalue weighted by Crippen LogP contribution is 2.22. The zero-order valence-electron chi connectivity index (χ0n) is 17.1. The maximum Gasteiger partial charge on any atom is 0.260 e. The van der Waals surface area contributed by atoms with E-state index in [0.717, 1.165) is 37.9 Å². The van der Waals surface area contributed by atoms with E-state index in [1.54, 1.807) is 4.90 Å². The van der Waals surface area contributed by atoms with Crippen LogP contribution in [0.3, 0.4) is 0 Å². The van der Waals surface area contributed by atoms with Gasteiger partial charge in [0.05, 0.1) is 0 Å². The fraction of sp³-hybridized carbons (Fsp3) is 0.417. The minimum Gasteiger partial charge on any atom is -0.484 e. The summed E-state index contributed by atoms with van der Waals surface area (Å²) in [5.74, 6) is 1.44. The molecule has 3 rings (SSSR count). The van der Waals surface area contributed by atoms with Gasteiger partial charge in [-0.15, -0.1) is 0 Å². The van der Waals surface area contributed by atoms with Crippen molar-refractivity contribution in [1.29, 1.82) is 0 Å². The van der Waals surface area contributed by atoms with Crippen molar-refractivity contribution in [3.63, 3.8) is 0 Å². The monoisotopic (exact) mass is 394 g/mol. The molecule has 0 N–H and O–H groups in total.